The van der Waals surface area contributed by atoms with E-state index in [0.717, 1.165) is 51.4 Å². The highest BCUT2D eigenvalue weighted by Crippen LogP contribution is 2.18. The van der Waals surface area contributed by atoms with E-state index in [1.807, 2.05) is 12.1 Å². The molecular weight excluding hydrogens is 324 g/mol. The molecule has 1 aromatic carbocycles. The number of methoxy groups -OCH3 is 1. The zero-order valence-corrected chi connectivity index (χ0v) is 17.5. The Kier molecular flexibility index (Phi) is 11.3. The second-order valence-electron chi connectivity index (χ2n) is 7.70. The summed E-state index contributed by atoms with van der Waals surface area (Å²) in [6, 6.07) is 6.28. The molecule has 0 fully saturated rings. The molecule has 0 N–H and O–H groups in total. The summed E-state index contributed by atoms with van der Waals surface area (Å²) < 4.78 is 11.0. The Hall–Kier alpha value is -1.35. The van der Waals surface area contributed by atoms with E-state index < -0.39 is 0 Å². The maximum Gasteiger partial charge on any atom is 0.338 e. The summed E-state index contributed by atoms with van der Waals surface area (Å²) in [5.41, 5.74) is 3.19. The monoisotopic (exact) mass is 362 g/mol. The summed E-state index contributed by atoms with van der Waals surface area (Å²) in [5.74, 6) is 0.373. The highest BCUT2D eigenvalue weighted by Gasteiger charge is 2.17. The zero-order valence-electron chi connectivity index (χ0n) is 17.5. The quantitative estimate of drug-likeness (QED) is 0.405. The van der Waals surface area contributed by atoms with Crippen molar-refractivity contribution in [3.8, 4) is 0 Å². The van der Waals surface area contributed by atoms with Crippen molar-refractivity contribution < 1.29 is 14.3 Å². The minimum atomic E-state index is -0.216. The molecule has 0 spiro atoms. The standard InChI is InChI=1S/C23H38O3/c1-6-8-10-19-14-20(11-9-7-2)16-21(15-19)23(24)26-22(17-25-5)13-12-18(3)4/h14-16,18,22H,6-13,17H2,1-5H3. The van der Waals surface area contributed by atoms with E-state index in [1.54, 1.807) is 7.11 Å². The summed E-state index contributed by atoms with van der Waals surface area (Å²) in [5, 5.41) is 0. The van der Waals surface area contributed by atoms with Crippen LogP contribution >= 0.6 is 0 Å². The molecule has 0 amide bonds. The second-order valence-corrected chi connectivity index (χ2v) is 7.70. The van der Waals surface area contributed by atoms with Crippen LogP contribution in [0.5, 0.6) is 0 Å². The van der Waals surface area contributed by atoms with Gasteiger partial charge in [0.15, 0.2) is 0 Å². The first kappa shape index (κ1) is 22.7. The maximum absolute atomic E-state index is 12.7. The second kappa shape index (κ2) is 12.9. The molecule has 0 saturated heterocycles. The first-order chi connectivity index (χ1) is 12.5. The number of rotatable bonds is 13. The lowest BCUT2D eigenvalue weighted by atomic mass is 9.98. The Morgan fingerprint density at radius 2 is 1.54 bits per heavy atom. The van der Waals surface area contributed by atoms with Crippen molar-refractivity contribution in [1.82, 2.24) is 0 Å². The van der Waals surface area contributed by atoms with Gasteiger partial charge in [0.05, 0.1) is 12.2 Å². The van der Waals surface area contributed by atoms with Gasteiger partial charge in [0.2, 0.25) is 0 Å². The van der Waals surface area contributed by atoms with E-state index in [0.29, 0.717) is 18.1 Å². The molecule has 0 saturated carbocycles. The van der Waals surface area contributed by atoms with E-state index >= 15 is 0 Å². The van der Waals surface area contributed by atoms with Crippen molar-refractivity contribution in [3.05, 3.63) is 34.9 Å². The van der Waals surface area contributed by atoms with Crippen LogP contribution in [0.1, 0.15) is 87.7 Å². The first-order valence-corrected chi connectivity index (χ1v) is 10.3. The Bertz CT molecular complexity index is 496. The lowest BCUT2D eigenvalue weighted by molar-refractivity contribution is 0.00154. The van der Waals surface area contributed by atoms with Crippen LogP contribution in [0.2, 0.25) is 0 Å². The third-order valence-electron chi connectivity index (χ3n) is 4.62. The summed E-state index contributed by atoms with van der Waals surface area (Å²) in [4.78, 5) is 12.7. The van der Waals surface area contributed by atoms with Crippen LogP contribution in [-0.2, 0) is 22.3 Å². The number of ether oxygens (including phenoxy) is 2. The van der Waals surface area contributed by atoms with Gasteiger partial charge in [-0.3, -0.25) is 0 Å². The Labute approximate surface area is 160 Å². The molecule has 0 aliphatic carbocycles. The maximum atomic E-state index is 12.7. The van der Waals surface area contributed by atoms with Crippen molar-refractivity contribution in [2.75, 3.05) is 13.7 Å². The molecule has 148 valence electrons. The van der Waals surface area contributed by atoms with Crippen LogP contribution < -0.4 is 0 Å². The summed E-state index contributed by atoms with van der Waals surface area (Å²) in [6.07, 6.45) is 8.34. The van der Waals surface area contributed by atoms with Gasteiger partial charge in [0, 0.05) is 7.11 Å². The zero-order chi connectivity index (χ0) is 19.4. The number of carbonyl (C=O) groups excluding carboxylic acids is 1. The minimum Gasteiger partial charge on any atom is -0.456 e. The Morgan fingerprint density at radius 1 is 0.962 bits per heavy atom. The third-order valence-corrected chi connectivity index (χ3v) is 4.62. The van der Waals surface area contributed by atoms with Gasteiger partial charge in [-0.2, -0.15) is 0 Å². The van der Waals surface area contributed by atoms with Crippen LogP contribution in [-0.4, -0.2) is 25.8 Å². The third kappa shape index (κ3) is 8.84. The molecule has 0 heterocycles. The van der Waals surface area contributed by atoms with Gasteiger partial charge < -0.3 is 9.47 Å². The number of hydrogen-bond acceptors (Lipinski definition) is 3. The van der Waals surface area contributed by atoms with Gasteiger partial charge in [-0.25, -0.2) is 4.79 Å². The molecule has 1 atom stereocenters. The Morgan fingerprint density at radius 3 is 2.00 bits per heavy atom. The van der Waals surface area contributed by atoms with Gasteiger partial charge in [-0.1, -0.05) is 46.6 Å². The molecule has 3 heteroatoms. The fourth-order valence-corrected chi connectivity index (χ4v) is 3.03. The van der Waals surface area contributed by atoms with Crippen LogP contribution in [0.4, 0.5) is 0 Å². The van der Waals surface area contributed by atoms with Crippen LogP contribution in [0.15, 0.2) is 18.2 Å². The molecule has 1 rings (SSSR count). The molecule has 0 radical (unpaired) electrons. The molecular formula is C23H38O3. The van der Waals surface area contributed by atoms with Crippen LogP contribution in [0.25, 0.3) is 0 Å². The van der Waals surface area contributed by atoms with Crippen molar-refractivity contribution in [2.45, 2.75) is 85.2 Å². The lowest BCUT2D eigenvalue weighted by Gasteiger charge is -2.19. The predicted molar refractivity (Wildman–Crippen MR) is 109 cm³/mol. The highest BCUT2D eigenvalue weighted by atomic mass is 16.6. The van der Waals surface area contributed by atoms with Crippen molar-refractivity contribution in [1.29, 1.82) is 0 Å². The van der Waals surface area contributed by atoms with Gasteiger partial charge in [-0.15, -0.1) is 0 Å². The molecule has 3 nitrogen and oxygen atoms in total. The van der Waals surface area contributed by atoms with Crippen molar-refractivity contribution in [3.63, 3.8) is 0 Å². The van der Waals surface area contributed by atoms with Crippen molar-refractivity contribution >= 4 is 5.97 Å². The first-order valence-electron chi connectivity index (χ1n) is 10.3. The number of unbranched alkanes of at least 4 members (excludes halogenated alkanes) is 2. The number of carbonyl (C=O) groups is 1. The molecule has 0 aromatic heterocycles. The summed E-state index contributed by atoms with van der Waals surface area (Å²) in [7, 11) is 1.66. The van der Waals surface area contributed by atoms with Crippen molar-refractivity contribution in [2.24, 2.45) is 5.92 Å². The fourth-order valence-electron chi connectivity index (χ4n) is 3.03. The number of esters is 1. The van der Waals surface area contributed by atoms with E-state index in [1.165, 1.54) is 11.1 Å². The molecule has 26 heavy (non-hydrogen) atoms. The van der Waals surface area contributed by atoms with Gasteiger partial charge >= 0.3 is 5.97 Å². The highest BCUT2D eigenvalue weighted by molar-refractivity contribution is 5.90. The SMILES string of the molecule is CCCCc1cc(CCCC)cc(C(=O)OC(CCC(C)C)COC)c1. The van der Waals surface area contributed by atoms with Crippen LogP contribution in [0, 0.1) is 5.92 Å². The van der Waals surface area contributed by atoms with E-state index in [4.69, 9.17) is 9.47 Å². The van der Waals surface area contributed by atoms with E-state index in [9.17, 15) is 4.79 Å². The average Bonchev–Trinajstić information content (AvgIpc) is 2.62. The normalized spacial score (nSPS) is 12.4. The van der Waals surface area contributed by atoms with Gasteiger partial charge in [-0.05, 0) is 67.7 Å². The topological polar surface area (TPSA) is 35.5 Å². The number of benzene rings is 1. The molecule has 1 aromatic rings. The number of aryl methyl sites for hydroxylation is 2. The minimum absolute atomic E-state index is 0.173. The van der Waals surface area contributed by atoms with Gasteiger partial charge in [0.1, 0.15) is 6.10 Å². The molecule has 1 unspecified atom stereocenters. The van der Waals surface area contributed by atoms with E-state index in [2.05, 4.69) is 33.8 Å². The molecule has 0 bridgehead atoms. The van der Waals surface area contributed by atoms with E-state index in [-0.39, 0.29) is 12.1 Å². The summed E-state index contributed by atoms with van der Waals surface area (Å²) >= 11 is 0. The predicted octanol–water partition coefficient (Wildman–Crippen LogP) is 5.98. The summed E-state index contributed by atoms with van der Waals surface area (Å²) in [6.45, 7) is 9.21. The Balaban J connectivity index is 2.88. The smallest absolute Gasteiger partial charge is 0.338 e. The molecule has 0 aliphatic heterocycles. The molecule has 0 aliphatic rings. The largest absolute Gasteiger partial charge is 0.456 e. The lowest BCUT2D eigenvalue weighted by Crippen LogP contribution is -2.24. The fraction of sp³-hybridized carbons (Fsp3) is 0.696. The van der Waals surface area contributed by atoms with Crippen LogP contribution in [0.3, 0.4) is 0 Å². The van der Waals surface area contributed by atoms with Gasteiger partial charge in [0.25, 0.3) is 0 Å². The average molecular weight is 363 g/mol. The number of hydrogen-bond donors (Lipinski definition) is 0.